The predicted molar refractivity (Wildman–Crippen MR) is 80.7 cm³/mol. The number of rotatable bonds is 4. The van der Waals surface area contributed by atoms with E-state index in [1.54, 1.807) is 0 Å². The van der Waals surface area contributed by atoms with E-state index in [2.05, 4.69) is 55.5 Å². The lowest BCUT2D eigenvalue weighted by Gasteiger charge is -2.41. The van der Waals surface area contributed by atoms with Gasteiger partial charge in [0, 0.05) is 18.6 Å². The van der Waals surface area contributed by atoms with E-state index in [9.17, 15) is 0 Å². The molecule has 1 fully saturated rings. The Bertz CT molecular complexity index is 377. The molecule has 2 rings (SSSR count). The summed E-state index contributed by atoms with van der Waals surface area (Å²) in [6, 6.07) is 10.1. The van der Waals surface area contributed by atoms with E-state index in [4.69, 9.17) is 5.73 Å². The van der Waals surface area contributed by atoms with Crippen molar-refractivity contribution >= 4 is 0 Å². The number of hydrogen-bond acceptors (Lipinski definition) is 3. The maximum atomic E-state index is 5.96. The van der Waals surface area contributed by atoms with Crippen LogP contribution in [-0.4, -0.2) is 23.6 Å². The van der Waals surface area contributed by atoms with Crippen LogP contribution in [0.25, 0.3) is 0 Å². The molecule has 0 radical (unpaired) electrons. The summed E-state index contributed by atoms with van der Waals surface area (Å²) in [7, 11) is 0. The smallest absolute Gasteiger partial charge is 0.0587 e. The zero-order valence-corrected chi connectivity index (χ0v) is 12.4. The zero-order valence-electron chi connectivity index (χ0n) is 12.4. The first-order valence-electron chi connectivity index (χ1n) is 7.43. The molecule has 0 bridgehead atoms. The van der Waals surface area contributed by atoms with E-state index in [1.165, 1.54) is 30.4 Å². The van der Waals surface area contributed by atoms with Gasteiger partial charge in [0.05, 0.1) is 6.04 Å². The minimum absolute atomic E-state index is 0.212. The Morgan fingerprint density at radius 2 is 1.79 bits per heavy atom. The molecule has 1 aliphatic heterocycles. The lowest BCUT2D eigenvalue weighted by Crippen LogP contribution is -2.54. The summed E-state index contributed by atoms with van der Waals surface area (Å²) in [6.45, 7) is 7.33. The molecule has 0 aliphatic carbocycles. The van der Waals surface area contributed by atoms with Crippen LogP contribution >= 0.6 is 0 Å². The van der Waals surface area contributed by atoms with Gasteiger partial charge in [-0.3, -0.25) is 0 Å². The van der Waals surface area contributed by atoms with E-state index < -0.39 is 0 Å². The van der Waals surface area contributed by atoms with Crippen molar-refractivity contribution in [3.05, 3.63) is 35.4 Å². The molecule has 1 aliphatic rings. The average Bonchev–Trinajstić information content (AvgIpc) is 2.40. The van der Waals surface area contributed by atoms with Crippen LogP contribution in [0.5, 0.6) is 0 Å². The molecule has 3 atom stereocenters. The molecule has 1 heterocycles. The fraction of sp³-hybridized carbons (Fsp3) is 0.625. The van der Waals surface area contributed by atoms with Crippen molar-refractivity contribution in [3.63, 3.8) is 0 Å². The van der Waals surface area contributed by atoms with Gasteiger partial charge in [0.25, 0.3) is 0 Å². The number of benzene rings is 1. The van der Waals surface area contributed by atoms with Gasteiger partial charge in [-0.2, -0.15) is 0 Å². The molecule has 3 N–H and O–H groups in total. The third-order valence-corrected chi connectivity index (χ3v) is 4.21. The van der Waals surface area contributed by atoms with Crippen LogP contribution in [-0.2, 0) is 0 Å². The van der Waals surface area contributed by atoms with Crippen molar-refractivity contribution in [2.75, 3.05) is 6.54 Å². The van der Waals surface area contributed by atoms with Crippen molar-refractivity contribution in [1.29, 1.82) is 0 Å². The van der Waals surface area contributed by atoms with Crippen LogP contribution in [0.4, 0.5) is 0 Å². The second kappa shape index (κ2) is 6.51. The number of nitrogens with two attached hydrogens (primary N) is 1. The monoisotopic (exact) mass is 261 g/mol. The van der Waals surface area contributed by atoms with Crippen LogP contribution in [0, 0.1) is 6.92 Å². The zero-order chi connectivity index (χ0) is 13.8. The van der Waals surface area contributed by atoms with Crippen LogP contribution in [0.2, 0.25) is 0 Å². The second-order valence-electron chi connectivity index (χ2n) is 5.86. The molecule has 19 heavy (non-hydrogen) atoms. The summed E-state index contributed by atoms with van der Waals surface area (Å²) in [6.07, 6.45) is 3.86. The summed E-state index contributed by atoms with van der Waals surface area (Å²) in [5.41, 5.74) is 12.2. The Kier molecular flexibility index (Phi) is 4.97. The summed E-state index contributed by atoms with van der Waals surface area (Å²) in [5.74, 6) is 0. The maximum absolute atomic E-state index is 5.96. The molecule has 106 valence electrons. The first-order chi connectivity index (χ1) is 9.11. The van der Waals surface area contributed by atoms with Crippen LogP contribution in [0.1, 0.15) is 50.3 Å². The van der Waals surface area contributed by atoms with Gasteiger partial charge in [-0.1, -0.05) is 36.2 Å². The van der Waals surface area contributed by atoms with Crippen LogP contribution in [0.15, 0.2) is 24.3 Å². The molecule has 1 saturated heterocycles. The number of nitrogens with one attached hydrogen (secondary N) is 1. The molecule has 3 nitrogen and oxygen atoms in total. The van der Waals surface area contributed by atoms with E-state index in [0.717, 1.165) is 0 Å². The molecule has 1 aromatic carbocycles. The van der Waals surface area contributed by atoms with Crippen molar-refractivity contribution in [2.24, 2.45) is 5.73 Å². The molecule has 0 aromatic heterocycles. The molecule has 1 aromatic rings. The van der Waals surface area contributed by atoms with Gasteiger partial charge >= 0.3 is 0 Å². The minimum Gasteiger partial charge on any atom is -0.329 e. The fourth-order valence-corrected chi connectivity index (χ4v) is 2.92. The van der Waals surface area contributed by atoms with E-state index in [-0.39, 0.29) is 6.04 Å². The Labute approximate surface area is 117 Å². The highest BCUT2D eigenvalue weighted by Gasteiger charge is 2.26. The molecule has 0 amide bonds. The number of piperidine rings is 1. The van der Waals surface area contributed by atoms with Gasteiger partial charge < -0.3 is 5.73 Å². The predicted octanol–water partition coefficient (Wildman–Crippen LogP) is 2.76. The molecule has 0 spiro atoms. The lowest BCUT2D eigenvalue weighted by molar-refractivity contribution is 0.0304. The van der Waals surface area contributed by atoms with Crippen molar-refractivity contribution in [2.45, 2.75) is 58.2 Å². The SMILES string of the molecule is Cc1ccc(C(CN)NN2C(C)CCCC2C)cc1. The summed E-state index contributed by atoms with van der Waals surface area (Å²) < 4.78 is 0. The largest absolute Gasteiger partial charge is 0.329 e. The minimum atomic E-state index is 0.212. The van der Waals surface area contributed by atoms with Gasteiger partial charge in [0.2, 0.25) is 0 Å². The highest BCUT2D eigenvalue weighted by atomic mass is 15.5. The number of hydrogen-bond donors (Lipinski definition) is 2. The Hall–Kier alpha value is -0.900. The average molecular weight is 261 g/mol. The highest BCUT2D eigenvalue weighted by molar-refractivity contribution is 5.24. The molecule has 3 unspecified atom stereocenters. The summed E-state index contributed by atoms with van der Waals surface area (Å²) >= 11 is 0. The van der Waals surface area contributed by atoms with Crippen molar-refractivity contribution in [3.8, 4) is 0 Å². The topological polar surface area (TPSA) is 41.3 Å². The summed E-state index contributed by atoms with van der Waals surface area (Å²) in [5, 5.41) is 2.40. The third-order valence-electron chi connectivity index (χ3n) is 4.21. The first kappa shape index (κ1) is 14.5. The van der Waals surface area contributed by atoms with Gasteiger partial charge in [-0.25, -0.2) is 10.4 Å². The molecular formula is C16H27N3. The van der Waals surface area contributed by atoms with Gasteiger partial charge in [-0.15, -0.1) is 0 Å². The number of aryl methyl sites for hydroxylation is 1. The molecule has 0 saturated carbocycles. The van der Waals surface area contributed by atoms with Crippen LogP contribution < -0.4 is 11.2 Å². The number of nitrogens with zero attached hydrogens (tertiary/aromatic N) is 1. The van der Waals surface area contributed by atoms with E-state index in [0.29, 0.717) is 18.6 Å². The molecular weight excluding hydrogens is 234 g/mol. The maximum Gasteiger partial charge on any atom is 0.0587 e. The summed E-state index contributed by atoms with van der Waals surface area (Å²) in [4.78, 5) is 0. The quantitative estimate of drug-likeness (QED) is 0.875. The van der Waals surface area contributed by atoms with Gasteiger partial charge in [0.15, 0.2) is 0 Å². The Morgan fingerprint density at radius 3 is 2.32 bits per heavy atom. The molecule has 3 heteroatoms. The van der Waals surface area contributed by atoms with Crippen molar-refractivity contribution < 1.29 is 0 Å². The number of hydrazine groups is 1. The fourth-order valence-electron chi connectivity index (χ4n) is 2.92. The normalized spacial score (nSPS) is 26.3. The lowest BCUT2D eigenvalue weighted by atomic mass is 9.99. The first-order valence-corrected chi connectivity index (χ1v) is 7.43. The standard InChI is InChI=1S/C16H27N3/c1-12-7-9-15(10-8-12)16(11-17)18-19-13(2)5-4-6-14(19)3/h7-10,13-14,16,18H,4-6,11,17H2,1-3H3. The van der Waals surface area contributed by atoms with Crippen molar-refractivity contribution in [1.82, 2.24) is 10.4 Å². The van der Waals surface area contributed by atoms with Crippen LogP contribution in [0.3, 0.4) is 0 Å². The van der Waals surface area contributed by atoms with E-state index in [1.807, 2.05) is 0 Å². The third kappa shape index (κ3) is 3.56. The van der Waals surface area contributed by atoms with Gasteiger partial charge in [0.1, 0.15) is 0 Å². The van der Waals surface area contributed by atoms with E-state index >= 15 is 0 Å². The Morgan fingerprint density at radius 1 is 1.21 bits per heavy atom. The van der Waals surface area contributed by atoms with Gasteiger partial charge in [-0.05, 0) is 39.2 Å². The highest BCUT2D eigenvalue weighted by Crippen LogP contribution is 2.23. The second-order valence-corrected chi connectivity index (χ2v) is 5.86. The Balaban J connectivity index is 2.07.